The Labute approximate surface area is 96.7 Å². The summed E-state index contributed by atoms with van der Waals surface area (Å²) in [5.41, 5.74) is 2.31. The van der Waals surface area contributed by atoms with Gasteiger partial charge in [-0.25, -0.2) is 0 Å². The van der Waals surface area contributed by atoms with E-state index in [4.69, 9.17) is 9.47 Å². The van der Waals surface area contributed by atoms with Crippen molar-refractivity contribution in [3.8, 4) is 0 Å². The third kappa shape index (κ3) is 4.30. The van der Waals surface area contributed by atoms with Gasteiger partial charge in [0, 0.05) is 25.4 Å². The van der Waals surface area contributed by atoms with E-state index >= 15 is 0 Å². The molecule has 0 atom stereocenters. The molecule has 1 heterocycles. The summed E-state index contributed by atoms with van der Waals surface area (Å²) >= 11 is 0. The molecule has 0 aromatic carbocycles. The second-order valence-corrected chi connectivity index (χ2v) is 3.64. The van der Waals surface area contributed by atoms with Crippen molar-refractivity contribution < 1.29 is 9.47 Å². The number of nitrogens with zero attached hydrogens (tertiary/aromatic N) is 2. The maximum Gasteiger partial charge on any atom is 0.0701 e. The molecule has 16 heavy (non-hydrogen) atoms. The van der Waals surface area contributed by atoms with Crippen molar-refractivity contribution in [2.75, 3.05) is 34.0 Å². The fourth-order valence-corrected chi connectivity index (χ4v) is 1.44. The smallest absolute Gasteiger partial charge is 0.0701 e. The molecular weight excluding hydrogens is 206 g/mol. The quantitative estimate of drug-likeness (QED) is 0.660. The van der Waals surface area contributed by atoms with E-state index in [1.807, 2.05) is 18.7 Å². The van der Waals surface area contributed by atoms with Crippen molar-refractivity contribution in [1.29, 1.82) is 0 Å². The minimum Gasteiger partial charge on any atom is -0.382 e. The zero-order valence-corrected chi connectivity index (χ0v) is 10.3. The highest BCUT2D eigenvalue weighted by Gasteiger charge is 2.03. The van der Waals surface area contributed by atoms with Crippen LogP contribution in [0.4, 0.5) is 0 Å². The van der Waals surface area contributed by atoms with Gasteiger partial charge in [-0.1, -0.05) is 0 Å². The van der Waals surface area contributed by atoms with Gasteiger partial charge in [0.15, 0.2) is 0 Å². The van der Waals surface area contributed by atoms with Gasteiger partial charge in [-0.3, -0.25) is 4.68 Å². The lowest BCUT2D eigenvalue weighted by Gasteiger charge is -2.03. The highest BCUT2D eigenvalue weighted by atomic mass is 16.5. The van der Waals surface area contributed by atoms with E-state index in [-0.39, 0.29) is 0 Å². The zero-order valence-electron chi connectivity index (χ0n) is 10.3. The highest BCUT2D eigenvalue weighted by molar-refractivity contribution is 5.14. The Kier molecular flexibility index (Phi) is 6.07. The molecule has 0 amide bonds. The van der Waals surface area contributed by atoms with E-state index in [1.165, 1.54) is 5.56 Å². The molecule has 0 saturated heterocycles. The molecule has 0 saturated carbocycles. The molecule has 92 valence electrons. The van der Waals surface area contributed by atoms with Gasteiger partial charge in [0.1, 0.15) is 0 Å². The second-order valence-electron chi connectivity index (χ2n) is 3.64. The second kappa shape index (κ2) is 7.38. The first-order chi connectivity index (χ1) is 7.77. The van der Waals surface area contributed by atoms with E-state index in [1.54, 1.807) is 7.11 Å². The average Bonchev–Trinajstić information content (AvgIpc) is 2.60. The molecule has 0 bridgehead atoms. The summed E-state index contributed by atoms with van der Waals surface area (Å²) in [6, 6.07) is 0. The van der Waals surface area contributed by atoms with Gasteiger partial charge in [0.25, 0.3) is 0 Å². The van der Waals surface area contributed by atoms with Crippen molar-refractivity contribution in [2.24, 2.45) is 0 Å². The van der Waals surface area contributed by atoms with E-state index in [0.717, 1.165) is 18.8 Å². The summed E-state index contributed by atoms with van der Waals surface area (Å²) < 4.78 is 12.2. The molecule has 5 heteroatoms. The number of hydrogen-bond acceptors (Lipinski definition) is 4. The maximum absolute atomic E-state index is 5.39. The lowest BCUT2D eigenvalue weighted by atomic mass is 10.3. The molecule has 0 fully saturated rings. The Bertz CT molecular complexity index is 299. The number of methoxy groups -OCH3 is 1. The van der Waals surface area contributed by atoms with Crippen LogP contribution in [0.1, 0.15) is 11.3 Å². The van der Waals surface area contributed by atoms with E-state index < -0.39 is 0 Å². The first-order valence-corrected chi connectivity index (χ1v) is 5.52. The molecule has 0 spiro atoms. The molecule has 1 aromatic heterocycles. The van der Waals surface area contributed by atoms with E-state index in [2.05, 4.69) is 16.6 Å². The fourth-order valence-electron chi connectivity index (χ4n) is 1.44. The molecular formula is C11H21N3O2. The van der Waals surface area contributed by atoms with Gasteiger partial charge in [-0.15, -0.1) is 0 Å². The number of rotatable bonds is 8. The highest BCUT2D eigenvalue weighted by Crippen LogP contribution is 2.04. The number of nitrogens with one attached hydrogen (secondary N) is 1. The Morgan fingerprint density at radius 3 is 2.88 bits per heavy atom. The first-order valence-electron chi connectivity index (χ1n) is 5.52. The summed E-state index contributed by atoms with van der Waals surface area (Å²) in [7, 11) is 3.61. The van der Waals surface area contributed by atoms with Gasteiger partial charge in [-0.2, -0.15) is 5.10 Å². The van der Waals surface area contributed by atoms with Crippen molar-refractivity contribution in [1.82, 2.24) is 15.1 Å². The molecule has 0 aliphatic heterocycles. The van der Waals surface area contributed by atoms with Crippen LogP contribution in [0.5, 0.6) is 0 Å². The van der Waals surface area contributed by atoms with E-state index in [9.17, 15) is 0 Å². The number of aryl methyl sites for hydroxylation is 1. The maximum atomic E-state index is 5.39. The lowest BCUT2D eigenvalue weighted by Crippen LogP contribution is -2.09. The molecule has 0 aliphatic carbocycles. The van der Waals surface area contributed by atoms with Crippen LogP contribution in [0.25, 0.3) is 0 Å². The van der Waals surface area contributed by atoms with Crippen LogP contribution < -0.4 is 5.32 Å². The zero-order chi connectivity index (χ0) is 11.8. The molecule has 1 rings (SSSR count). The minimum atomic E-state index is 0.639. The van der Waals surface area contributed by atoms with Crippen molar-refractivity contribution in [3.05, 3.63) is 17.5 Å². The number of aromatic nitrogens is 2. The summed E-state index contributed by atoms with van der Waals surface area (Å²) in [6.45, 7) is 5.62. The summed E-state index contributed by atoms with van der Waals surface area (Å²) in [4.78, 5) is 0. The third-order valence-electron chi connectivity index (χ3n) is 2.31. The topological polar surface area (TPSA) is 48.3 Å². The predicted octanol–water partition coefficient (Wildman–Crippen LogP) is 0.574. The SMILES string of the molecule is CNCc1cn(CCOCCOC)nc1C. The molecule has 5 nitrogen and oxygen atoms in total. The van der Waals surface area contributed by atoms with Gasteiger partial charge in [-0.05, 0) is 14.0 Å². The van der Waals surface area contributed by atoms with Crippen LogP contribution in [0, 0.1) is 6.92 Å². The summed E-state index contributed by atoms with van der Waals surface area (Å²) in [5.74, 6) is 0. The monoisotopic (exact) mass is 227 g/mol. The Morgan fingerprint density at radius 2 is 2.19 bits per heavy atom. The molecule has 0 aliphatic rings. The van der Waals surface area contributed by atoms with Gasteiger partial charge < -0.3 is 14.8 Å². The van der Waals surface area contributed by atoms with Crippen LogP contribution in [0.3, 0.4) is 0 Å². The summed E-state index contributed by atoms with van der Waals surface area (Å²) in [6.07, 6.45) is 2.06. The summed E-state index contributed by atoms with van der Waals surface area (Å²) in [5, 5.41) is 7.53. The molecule has 0 radical (unpaired) electrons. The molecule has 0 unspecified atom stereocenters. The molecule has 1 aromatic rings. The molecule has 1 N–H and O–H groups in total. The van der Waals surface area contributed by atoms with Crippen molar-refractivity contribution in [2.45, 2.75) is 20.0 Å². The van der Waals surface area contributed by atoms with Gasteiger partial charge in [0.05, 0.1) is 32.1 Å². The largest absolute Gasteiger partial charge is 0.382 e. The van der Waals surface area contributed by atoms with E-state index in [0.29, 0.717) is 19.8 Å². The lowest BCUT2D eigenvalue weighted by molar-refractivity contribution is 0.0654. The van der Waals surface area contributed by atoms with Gasteiger partial charge >= 0.3 is 0 Å². The minimum absolute atomic E-state index is 0.639. The standard InChI is InChI=1S/C11H21N3O2/c1-10-11(8-12-2)9-14(13-10)4-5-16-7-6-15-3/h9,12H,4-8H2,1-3H3. The van der Waals surface area contributed by atoms with Crippen LogP contribution in [-0.2, 0) is 22.6 Å². The van der Waals surface area contributed by atoms with Crippen LogP contribution >= 0.6 is 0 Å². The number of ether oxygens (including phenoxy) is 2. The van der Waals surface area contributed by atoms with Crippen LogP contribution in [-0.4, -0.2) is 43.8 Å². The average molecular weight is 227 g/mol. The number of hydrogen-bond donors (Lipinski definition) is 1. The first kappa shape index (κ1) is 13.2. The van der Waals surface area contributed by atoms with Crippen molar-refractivity contribution >= 4 is 0 Å². The third-order valence-corrected chi connectivity index (χ3v) is 2.31. The van der Waals surface area contributed by atoms with Crippen LogP contribution in [0.15, 0.2) is 6.20 Å². The Hall–Kier alpha value is -0.910. The fraction of sp³-hybridized carbons (Fsp3) is 0.727. The Morgan fingerprint density at radius 1 is 1.38 bits per heavy atom. The van der Waals surface area contributed by atoms with Crippen LogP contribution in [0.2, 0.25) is 0 Å². The van der Waals surface area contributed by atoms with Crippen molar-refractivity contribution in [3.63, 3.8) is 0 Å². The predicted molar refractivity (Wildman–Crippen MR) is 62.4 cm³/mol. The normalized spacial score (nSPS) is 10.9. The van der Waals surface area contributed by atoms with Gasteiger partial charge in [0.2, 0.25) is 0 Å². The Balaban J connectivity index is 2.28.